The third-order valence-electron chi connectivity index (χ3n) is 6.18. The topological polar surface area (TPSA) is 106 Å². The van der Waals surface area contributed by atoms with Gasteiger partial charge in [0, 0.05) is 18.3 Å². The van der Waals surface area contributed by atoms with Crippen molar-refractivity contribution < 1.29 is 27.4 Å². The van der Waals surface area contributed by atoms with Crippen molar-refractivity contribution in [2.75, 3.05) is 25.3 Å². The molecule has 1 amide bonds. The fourth-order valence-electron chi connectivity index (χ4n) is 4.06. The van der Waals surface area contributed by atoms with E-state index in [4.69, 9.17) is 14.7 Å². The molecule has 41 heavy (non-hydrogen) atoms. The fraction of sp³-hybridized carbons (Fsp3) is 0.241. The molecular weight excluding hydrogens is 557 g/mol. The summed E-state index contributed by atoms with van der Waals surface area (Å²) in [7, 11) is 2.90. The molecule has 3 aromatic carbocycles. The standard InChI is InChI=1S/C29H25F3N4O4S/c1-39-24-15-22-23(16-25(24)40-2)35-28(41-17-26(37)34-21-9-5-18(6-10-21)11-13-33)36(27(22)38)14-12-19-3-7-20(8-4-19)29(30,31)32/h3-10,15-16H,11-12,14,17H2,1-2H3,(H,34,37). The van der Waals surface area contributed by atoms with Gasteiger partial charge in [-0.2, -0.15) is 18.4 Å². The molecule has 0 aliphatic heterocycles. The van der Waals surface area contributed by atoms with Gasteiger partial charge in [-0.3, -0.25) is 14.2 Å². The van der Waals surface area contributed by atoms with Crippen molar-refractivity contribution in [1.29, 1.82) is 5.26 Å². The number of nitrogens with zero attached hydrogens (tertiary/aromatic N) is 3. The van der Waals surface area contributed by atoms with Crippen molar-refractivity contribution in [3.63, 3.8) is 0 Å². The number of alkyl halides is 3. The number of benzene rings is 3. The highest BCUT2D eigenvalue weighted by molar-refractivity contribution is 7.99. The summed E-state index contributed by atoms with van der Waals surface area (Å²) >= 11 is 1.05. The Kier molecular flexibility index (Phi) is 9.19. The zero-order chi connectivity index (χ0) is 29.6. The van der Waals surface area contributed by atoms with E-state index in [-0.39, 0.29) is 47.1 Å². The average Bonchev–Trinajstić information content (AvgIpc) is 2.96. The quantitative estimate of drug-likeness (QED) is 0.195. The van der Waals surface area contributed by atoms with Crippen molar-refractivity contribution in [3.05, 3.63) is 87.7 Å². The van der Waals surface area contributed by atoms with E-state index in [2.05, 4.69) is 16.4 Å². The SMILES string of the molecule is COc1cc2nc(SCC(=O)Nc3ccc(CC#N)cc3)n(CCc3ccc(C(F)(F)F)cc3)c(=O)c2cc1OC. The van der Waals surface area contributed by atoms with Crippen molar-refractivity contribution in [1.82, 2.24) is 9.55 Å². The Morgan fingerprint density at radius 3 is 2.27 bits per heavy atom. The first-order chi connectivity index (χ1) is 19.6. The molecule has 0 unspecified atom stereocenters. The number of aromatic nitrogens is 2. The number of hydrogen-bond donors (Lipinski definition) is 1. The molecule has 1 heterocycles. The van der Waals surface area contributed by atoms with Crippen LogP contribution in [0.2, 0.25) is 0 Å². The predicted octanol–water partition coefficient (Wildman–Crippen LogP) is 5.47. The number of aryl methyl sites for hydroxylation is 1. The lowest BCUT2D eigenvalue weighted by Crippen LogP contribution is -2.25. The van der Waals surface area contributed by atoms with E-state index >= 15 is 0 Å². The van der Waals surface area contributed by atoms with Crippen molar-refractivity contribution >= 4 is 34.3 Å². The van der Waals surface area contributed by atoms with Gasteiger partial charge in [-0.05, 0) is 47.9 Å². The average molecular weight is 583 g/mol. The summed E-state index contributed by atoms with van der Waals surface area (Å²) < 4.78 is 50.9. The lowest BCUT2D eigenvalue weighted by molar-refractivity contribution is -0.137. The number of methoxy groups -OCH3 is 2. The Bertz CT molecular complexity index is 1650. The number of amides is 1. The number of nitriles is 1. The van der Waals surface area contributed by atoms with Gasteiger partial charge in [0.15, 0.2) is 16.7 Å². The third-order valence-corrected chi connectivity index (χ3v) is 7.16. The monoisotopic (exact) mass is 582 g/mol. The van der Waals surface area contributed by atoms with Crippen LogP contribution in [0.3, 0.4) is 0 Å². The Labute approximate surface area is 237 Å². The first-order valence-corrected chi connectivity index (χ1v) is 13.3. The Hall–Kier alpha value is -4.50. The molecule has 0 radical (unpaired) electrons. The number of carbonyl (C=O) groups excluding carboxylic acids is 1. The van der Waals surface area contributed by atoms with Crippen LogP contribution in [0.5, 0.6) is 11.5 Å². The van der Waals surface area contributed by atoms with E-state index in [1.807, 2.05) is 0 Å². The molecule has 8 nitrogen and oxygen atoms in total. The molecule has 0 saturated carbocycles. The number of fused-ring (bicyclic) bond motifs is 1. The summed E-state index contributed by atoms with van der Waals surface area (Å²) in [5, 5.41) is 12.1. The summed E-state index contributed by atoms with van der Waals surface area (Å²) in [5.41, 5.74) is 1.18. The number of carbonyl (C=O) groups is 1. The molecule has 1 aromatic heterocycles. The van der Waals surface area contributed by atoms with Gasteiger partial charge in [-0.15, -0.1) is 0 Å². The van der Waals surface area contributed by atoms with E-state index in [1.54, 1.807) is 30.3 Å². The molecule has 1 N–H and O–H groups in total. The highest BCUT2D eigenvalue weighted by atomic mass is 32.2. The smallest absolute Gasteiger partial charge is 0.416 e. The van der Waals surface area contributed by atoms with E-state index < -0.39 is 11.7 Å². The second-order valence-electron chi connectivity index (χ2n) is 8.89. The second-order valence-corrected chi connectivity index (χ2v) is 9.83. The summed E-state index contributed by atoms with van der Waals surface area (Å²) in [6.45, 7) is 0.117. The lowest BCUT2D eigenvalue weighted by Gasteiger charge is -2.15. The molecular formula is C29H25F3N4O4S. The van der Waals surface area contributed by atoms with Crippen molar-refractivity contribution in [2.24, 2.45) is 0 Å². The number of thioether (sulfide) groups is 1. The van der Waals surface area contributed by atoms with Crippen LogP contribution in [0.1, 0.15) is 16.7 Å². The zero-order valence-electron chi connectivity index (χ0n) is 22.1. The van der Waals surface area contributed by atoms with Crippen LogP contribution >= 0.6 is 11.8 Å². The molecule has 0 atom stereocenters. The van der Waals surface area contributed by atoms with Crippen LogP contribution in [0, 0.1) is 11.3 Å². The molecule has 12 heteroatoms. The van der Waals surface area contributed by atoms with Crippen LogP contribution in [0.25, 0.3) is 10.9 Å². The molecule has 0 aliphatic carbocycles. The van der Waals surface area contributed by atoms with Crippen LogP contribution in [-0.2, 0) is 30.4 Å². The molecule has 0 saturated heterocycles. The number of rotatable bonds is 10. The first kappa shape index (κ1) is 29.5. The minimum Gasteiger partial charge on any atom is -0.493 e. The predicted molar refractivity (Wildman–Crippen MR) is 149 cm³/mol. The number of anilines is 1. The highest BCUT2D eigenvalue weighted by Gasteiger charge is 2.30. The lowest BCUT2D eigenvalue weighted by atomic mass is 10.1. The second kappa shape index (κ2) is 12.8. The molecule has 0 aliphatic rings. The van der Waals surface area contributed by atoms with E-state index in [0.717, 1.165) is 29.5 Å². The minimum atomic E-state index is -4.44. The van der Waals surface area contributed by atoms with Gasteiger partial charge in [0.05, 0.1) is 48.9 Å². The van der Waals surface area contributed by atoms with E-state index in [1.165, 1.54) is 37.0 Å². The van der Waals surface area contributed by atoms with Crippen molar-refractivity contribution in [2.45, 2.75) is 30.7 Å². The number of nitrogens with one attached hydrogen (secondary N) is 1. The maximum atomic E-state index is 13.6. The number of hydrogen-bond acceptors (Lipinski definition) is 7. The van der Waals surface area contributed by atoms with Crippen LogP contribution in [-0.4, -0.2) is 35.4 Å². The van der Waals surface area contributed by atoms with E-state index in [0.29, 0.717) is 28.3 Å². The molecule has 0 bridgehead atoms. The maximum absolute atomic E-state index is 13.6. The molecule has 212 valence electrons. The van der Waals surface area contributed by atoms with Gasteiger partial charge in [0.2, 0.25) is 5.91 Å². The van der Waals surface area contributed by atoms with Gasteiger partial charge in [-0.1, -0.05) is 36.0 Å². The normalized spacial score (nSPS) is 11.2. The van der Waals surface area contributed by atoms with Gasteiger partial charge in [-0.25, -0.2) is 4.98 Å². The minimum absolute atomic E-state index is 0.0640. The first-order valence-electron chi connectivity index (χ1n) is 12.3. The number of halogens is 3. The van der Waals surface area contributed by atoms with Gasteiger partial charge < -0.3 is 14.8 Å². The summed E-state index contributed by atoms with van der Waals surface area (Å²) in [4.78, 5) is 30.9. The van der Waals surface area contributed by atoms with Crippen LogP contribution < -0.4 is 20.3 Å². The van der Waals surface area contributed by atoms with Crippen molar-refractivity contribution in [3.8, 4) is 17.6 Å². The van der Waals surface area contributed by atoms with Crippen LogP contribution in [0.15, 0.2) is 70.6 Å². The van der Waals surface area contributed by atoms with Gasteiger partial charge in [0.25, 0.3) is 5.56 Å². The summed E-state index contributed by atoms with van der Waals surface area (Å²) in [5.74, 6) is 0.321. The Morgan fingerprint density at radius 1 is 1.02 bits per heavy atom. The third kappa shape index (κ3) is 7.18. The Balaban J connectivity index is 1.60. The fourth-order valence-corrected chi connectivity index (χ4v) is 4.89. The van der Waals surface area contributed by atoms with Gasteiger partial charge in [0.1, 0.15) is 0 Å². The summed E-state index contributed by atoms with van der Waals surface area (Å²) in [6, 6.07) is 16.8. The summed E-state index contributed by atoms with van der Waals surface area (Å²) in [6.07, 6.45) is -3.92. The zero-order valence-corrected chi connectivity index (χ0v) is 22.9. The molecule has 0 spiro atoms. The Morgan fingerprint density at radius 2 is 1.66 bits per heavy atom. The maximum Gasteiger partial charge on any atom is 0.416 e. The largest absolute Gasteiger partial charge is 0.493 e. The van der Waals surface area contributed by atoms with Crippen LogP contribution in [0.4, 0.5) is 18.9 Å². The van der Waals surface area contributed by atoms with E-state index in [9.17, 15) is 22.8 Å². The molecule has 0 fully saturated rings. The molecule has 4 rings (SSSR count). The highest BCUT2D eigenvalue weighted by Crippen LogP contribution is 2.32. The number of ether oxygens (including phenoxy) is 2. The van der Waals surface area contributed by atoms with Gasteiger partial charge >= 0.3 is 6.18 Å². The molecule has 4 aromatic rings.